The third-order valence-electron chi connectivity index (χ3n) is 7.32. The first-order valence-corrected chi connectivity index (χ1v) is 18.2. The lowest BCUT2D eigenvalue weighted by molar-refractivity contribution is -0.896. The van der Waals surface area contributed by atoms with Crippen molar-refractivity contribution in [1.29, 1.82) is 0 Å². The summed E-state index contributed by atoms with van der Waals surface area (Å²) in [7, 11) is 8.62. The molecule has 0 aromatic rings. The Bertz CT molecular complexity index is 568. The maximum Gasteiger partial charge on any atom is 0.108 e. The van der Waals surface area contributed by atoms with Gasteiger partial charge in [0.2, 0.25) is 0 Å². The predicted octanol–water partition coefficient (Wildman–Crippen LogP) is 9.55. The molecule has 45 heavy (non-hydrogen) atoms. The van der Waals surface area contributed by atoms with Crippen LogP contribution < -0.4 is 0 Å². The average molecular weight is 651 g/mol. The van der Waals surface area contributed by atoms with Crippen molar-refractivity contribution in [3.05, 3.63) is 21.1 Å². The van der Waals surface area contributed by atoms with Crippen molar-refractivity contribution in [2.75, 3.05) is 60.9 Å². The van der Waals surface area contributed by atoms with Crippen molar-refractivity contribution < 1.29 is 24.3 Å². The zero-order valence-electron chi connectivity index (χ0n) is 32.2. The van der Waals surface area contributed by atoms with Gasteiger partial charge in [0.05, 0.1) is 46.4 Å². The Labute approximate surface area is 281 Å². The molecule has 9 nitrogen and oxygen atoms in total. The highest BCUT2D eigenvalue weighted by Crippen LogP contribution is 2.14. The van der Waals surface area contributed by atoms with E-state index in [0.29, 0.717) is 6.54 Å². The van der Waals surface area contributed by atoms with Gasteiger partial charge in [-0.25, -0.2) is 0 Å². The molecule has 0 aliphatic rings. The van der Waals surface area contributed by atoms with Crippen LogP contribution in [-0.4, -0.2) is 96.4 Å². The fourth-order valence-corrected chi connectivity index (χ4v) is 6.14. The van der Waals surface area contributed by atoms with E-state index in [2.05, 4.69) is 49.0 Å². The van der Waals surface area contributed by atoms with E-state index in [1.807, 2.05) is 27.7 Å². The summed E-state index contributed by atoms with van der Waals surface area (Å²) < 4.78 is 1.81. The first-order chi connectivity index (χ1) is 20.7. The molecule has 0 aromatic carbocycles. The molecule has 0 spiro atoms. The van der Waals surface area contributed by atoms with E-state index in [0.717, 1.165) is 41.6 Å². The molecule has 0 bridgehead atoms. The maximum atomic E-state index is 9.56. The second-order valence-electron chi connectivity index (χ2n) is 15.5. The molecule has 0 radical (unpaired) electrons. The number of nitrogens with zero attached hydrogens (tertiary/aromatic N) is 3. The molecule has 0 saturated heterocycles. The smallest absolute Gasteiger partial charge is 0.108 e. The first-order valence-electron chi connectivity index (χ1n) is 18.2. The summed E-state index contributed by atoms with van der Waals surface area (Å²) in [5, 5.41) is 33.9. The Balaban J connectivity index is -0.000000278. The van der Waals surface area contributed by atoms with Gasteiger partial charge in [-0.05, 0) is 40.5 Å². The van der Waals surface area contributed by atoms with Crippen LogP contribution in [0.5, 0.6) is 0 Å². The van der Waals surface area contributed by atoms with Crippen molar-refractivity contribution in [2.45, 2.75) is 175 Å². The minimum absolute atomic E-state index is 0.543. The SMILES string of the molecule is CCCCCCCCCCCCCCCCCC[NH-].CCC[N+](C)(C)CC(C)(C)O.CCC[N+](C)(C)CC(C)(C)O.O=[N+]([O-])[O-]. The summed E-state index contributed by atoms with van der Waals surface area (Å²) in [5.74, 6) is 0. The highest BCUT2D eigenvalue weighted by Gasteiger charge is 2.25. The standard InChI is InChI=1S/C18H38N.2C9H22NO.NO3/c1-2-3-4-5-6-7-8-9-10-11-12-13-14-15-16-17-18-19;2*1-6-7-10(4,5)8-9(2,3)11;2-1(3)4/h19H,2-18H2,1H3;2*11H,6-8H2,1-5H3;/q-1;2*+1;-1. The van der Waals surface area contributed by atoms with Gasteiger partial charge in [0.1, 0.15) is 24.3 Å². The largest absolute Gasteiger partial charge is 0.677 e. The summed E-state index contributed by atoms with van der Waals surface area (Å²) in [5.41, 5.74) is 5.99. The van der Waals surface area contributed by atoms with Crippen molar-refractivity contribution in [1.82, 2.24) is 0 Å². The number of rotatable bonds is 24. The highest BCUT2D eigenvalue weighted by molar-refractivity contribution is 4.63. The van der Waals surface area contributed by atoms with E-state index in [4.69, 9.17) is 21.1 Å². The summed E-state index contributed by atoms with van der Waals surface area (Å²) in [6.45, 7) is 18.6. The Morgan fingerprint density at radius 3 is 0.933 bits per heavy atom. The molecule has 3 N–H and O–H groups in total. The maximum absolute atomic E-state index is 9.56. The molecule has 0 atom stereocenters. The van der Waals surface area contributed by atoms with Crippen molar-refractivity contribution in [3.63, 3.8) is 0 Å². The van der Waals surface area contributed by atoms with Crippen LogP contribution in [0.4, 0.5) is 0 Å². The summed E-state index contributed by atoms with van der Waals surface area (Å²) in [4.78, 5) is 8.25. The van der Waals surface area contributed by atoms with E-state index in [9.17, 15) is 10.2 Å². The van der Waals surface area contributed by atoms with Gasteiger partial charge in [-0.2, -0.15) is 6.54 Å². The Hall–Kier alpha value is -1.00. The van der Waals surface area contributed by atoms with Crippen LogP contribution in [0, 0.1) is 15.3 Å². The van der Waals surface area contributed by atoms with Crippen LogP contribution >= 0.6 is 0 Å². The number of unbranched alkanes of at least 4 members (excludes halogenated alkanes) is 15. The van der Waals surface area contributed by atoms with Gasteiger partial charge in [-0.15, -0.1) is 0 Å². The van der Waals surface area contributed by atoms with Gasteiger partial charge in [-0.3, -0.25) is 0 Å². The number of hydrogen-bond acceptors (Lipinski definition) is 5. The summed E-state index contributed by atoms with van der Waals surface area (Å²) >= 11 is 0. The number of hydrogen-bond donors (Lipinski definition) is 2. The molecule has 0 saturated carbocycles. The van der Waals surface area contributed by atoms with E-state index < -0.39 is 16.3 Å². The molecule has 0 aromatic heterocycles. The molecular weight excluding hydrogens is 568 g/mol. The van der Waals surface area contributed by atoms with Gasteiger partial charge < -0.3 is 40.2 Å². The van der Waals surface area contributed by atoms with Crippen LogP contribution in [0.1, 0.15) is 164 Å². The fraction of sp³-hybridized carbons (Fsp3) is 1.00. The summed E-state index contributed by atoms with van der Waals surface area (Å²) in [6.07, 6.45) is 24.9. The third kappa shape index (κ3) is 59.0. The van der Waals surface area contributed by atoms with Gasteiger partial charge in [-0.1, -0.05) is 124 Å². The van der Waals surface area contributed by atoms with Crippen LogP contribution in [0.2, 0.25) is 0 Å². The van der Waals surface area contributed by atoms with Gasteiger partial charge in [0.15, 0.2) is 0 Å². The van der Waals surface area contributed by atoms with Crippen LogP contribution in [0.25, 0.3) is 5.73 Å². The third-order valence-corrected chi connectivity index (χ3v) is 7.32. The molecule has 0 heterocycles. The Kier molecular flexibility index (Phi) is 35.7. The zero-order chi connectivity index (χ0) is 35.8. The highest BCUT2D eigenvalue weighted by atomic mass is 16.9. The zero-order valence-corrected chi connectivity index (χ0v) is 32.2. The van der Waals surface area contributed by atoms with Gasteiger partial charge in [0, 0.05) is 0 Å². The molecule has 9 heteroatoms. The second kappa shape index (κ2) is 31.6. The monoisotopic (exact) mass is 651 g/mol. The molecular formula is C36H82N4O5. The van der Waals surface area contributed by atoms with E-state index in [1.165, 1.54) is 109 Å². The molecule has 276 valence electrons. The first kappa shape index (κ1) is 50.8. The molecule has 0 rings (SSSR count). The minimum atomic E-state index is -1.75. The van der Waals surface area contributed by atoms with Crippen molar-refractivity contribution >= 4 is 0 Å². The summed E-state index contributed by atoms with van der Waals surface area (Å²) in [6, 6.07) is 0. The Morgan fingerprint density at radius 1 is 0.533 bits per heavy atom. The number of likely N-dealkylation sites (N-methyl/N-ethyl adjacent to an activating group) is 2. The van der Waals surface area contributed by atoms with Crippen molar-refractivity contribution in [3.8, 4) is 0 Å². The van der Waals surface area contributed by atoms with Crippen LogP contribution in [0.3, 0.4) is 0 Å². The lowest BCUT2D eigenvalue weighted by Crippen LogP contribution is -2.49. The predicted molar refractivity (Wildman–Crippen MR) is 196 cm³/mol. The van der Waals surface area contributed by atoms with Crippen LogP contribution in [-0.2, 0) is 0 Å². The average Bonchev–Trinajstić information content (AvgIpc) is 2.84. The minimum Gasteiger partial charge on any atom is -0.677 e. The number of quaternary nitrogens is 2. The van der Waals surface area contributed by atoms with Crippen molar-refractivity contribution in [2.24, 2.45) is 0 Å². The lowest BCUT2D eigenvalue weighted by Gasteiger charge is -2.34. The molecule has 0 fully saturated rings. The molecule has 0 aliphatic carbocycles. The van der Waals surface area contributed by atoms with Gasteiger partial charge >= 0.3 is 0 Å². The lowest BCUT2D eigenvalue weighted by atomic mass is 10.0. The van der Waals surface area contributed by atoms with E-state index in [1.54, 1.807) is 0 Å². The fourth-order valence-electron chi connectivity index (χ4n) is 6.14. The molecule has 0 amide bonds. The molecule has 0 unspecified atom stereocenters. The quantitative estimate of drug-likeness (QED) is 0.0465. The number of aliphatic hydroxyl groups is 2. The second-order valence-corrected chi connectivity index (χ2v) is 15.5. The Morgan fingerprint density at radius 2 is 0.756 bits per heavy atom. The van der Waals surface area contributed by atoms with Gasteiger partial charge in [0.25, 0.3) is 0 Å². The molecule has 0 aliphatic heterocycles. The van der Waals surface area contributed by atoms with E-state index >= 15 is 0 Å². The normalized spacial score (nSPS) is 11.9. The van der Waals surface area contributed by atoms with E-state index in [-0.39, 0.29) is 0 Å². The topological polar surface area (TPSA) is 130 Å². The number of nitrogens with one attached hydrogen (secondary N) is 1. The van der Waals surface area contributed by atoms with Crippen LogP contribution in [0.15, 0.2) is 0 Å².